The first-order chi connectivity index (χ1) is 8.27. The Bertz CT molecular complexity index is 491. The van der Waals surface area contributed by atoms with Gasteiger partial charge in [-0.2, -0.15) is 5.10 Å². The van der Waals surface area contributed by atoms with Crippen LogP contribution in [0, 0.1) is 0 Å². The molecule has 0 unspecified atom stereocenters. The molecular weight excluding hydrogens is 234 g/mol. The second-order valence-corrected chi connectivity index (χ2v) is 4.23. The van der Waals surface area contributed by atoms with Gasteiger partial charge in [0.15, 0.2) is 0 Å². The summed E-state index contributed by atoms with van der Waals surface area (Å²) in [5, 5.41) is 8.08. The minimum absolute atomic E-state index is 0.606. The maximum atomic E-state index is 5.71. The smallest absolute Gasteiger partial charge is 0.0690 e. The van der Waals surface area contributed by atoms with Crippen molar-refractivity contribution in [2.45, 2.75) is 6.54 Å². The van der Waals surface area contributed by atoms with E-state index in [2.05, 4.69) is 23.1 Å². The Labute approximate surface area is 106 Å². The summed E-state index contributed by atoms with van der Waals surface area (Å²) in [6.07, 6.45) is 3.70. The minimum Gasteiger partial charge on any atom is -0.308 e. The fourth-order valence-corrected chi connectivity index (χ4v) is 1.72. The highest BCUT2D eigenvalue weighted by molar-refractivity contribution is 6.29. The maximum absolute atomic E-state index is 5.71. The molecule has 0 spiro atoms. The Morgan fingerprint density at radius 2 is 2.18 bits per heavy atom. The van der Waals surface area contributed by atoms with E-state index in [1.165, 1.54) is 5.56 Å². The fourth-order valence-electron chi connectivity index (χ4n) is 1.63. The molecule has 0 radical (unpaired) electrons. The number of benzene rings is 1. The van der Waals surface area contributed by atoms with Crippen LogP contribution in [0.25, 0.3) is 5.69 Å². The van der Waals surface area contributed by atoms with Crippen LogP contribution in [0.15, 0.2) is 54.3 Å². The van der Waals surface area contributed by atoms with Crippen LogP contribution in [0.4, 0.5) is 0 Å². The second kappa shape index (κ2) is 5.66. The summed E-state index contributed by atoms with van der Waals surface area (Å²) in [7, 11) is 0. The lowest BCUT2D eigenvalue weighted by Gasteiger charge is -2.10. The predicted molar refractivity (Wildman–Crippen MR) is 70.3 cm³/mol. The first-order valence-electron chi connectivity index (χ1n) is 5.39. The molecule has 0 amide bonds. The number of hydrogen-bond acceptors (Lipinski definition) is 2. The normalized spacial score (nSPS) is 10.4. The lowest BCUT2D eigenvalue weighted by atomic mass is 10.2. The van der Waals surface area contributed by atoms with Crippen LogP contribution in [0.1, 0.15) is 5.56 Å². The monoisotopic (exact) mass is 247 g/mol. The number of para-hydroxylation sites is 1. The summed E-state index contributed by atoms with van der Waals surface area (Å²) in [4.78, 5) is 0. The molecule has 0 bridgehead atoms. The molecule has 1 heterocycles. The summed E-state index contributed by atoms with van der Waals surface area (Å²) < 4.78 is 1.85. The van der Waals surface area contributed by atoms with Gasteiger partial charge in [0.25, 0.3) is 0 Å². The Kier molecular flexibility index (Phi) is 3.96. The summed E-state index contributed by atoms with van der Waals surface area (Å²) in [5.41, 5.74) is 2.25. The van der Waals surface area contributed by atoms with Gasteiger partial charge in [0, 0.05) is 30.5 Å². The summed E-state index contributed by atoms with van der Waals surface area (Å²) in [5.74, 6) is 0. The van der Waals surface area contributed by atoms with E-state index in [-0.39, 0.29) is 0 Å². The van der Waals surface area contributed by atoms with Gasteiger partial charge in [-0.05, 0) is 17.7 Å². The van der Waals surface area contributed by atoms with Crippen molar-refractivity contribution >= 4 is 11.6 Å². The standard InChI is InChI=1S/C13H14ClN3/c1-11(14)9-15-10-12-5-2-3-6-13(12)17-8-4-7-16-17/h2-8,15H,1,9-10H2. The van der Waals surface area contributed by atoms with Gasteiger partial charge in [0.1, 0.15) is 0 Å². The highest BCUT2D eigenvalue weighted by Crippen LogP contribution is 2.13. The van der Waals surface area contributed by atoms with E-state index < -0.39 is 0 Å². The number of nitrogens with zero attached hydrogens (tertiary/aromatic N) is 2. The molecule has 2 aromatic rings. The zero-order chi connectivity index (χ0) is 12.1. The molecule has 3 nitrogen and oxygen atoms in total. The number of rotatable bonds is 5. The van der Waals surface area contributed by atoms with Crippen LogP contribution in [0.3, 0.4) is 0 Å². The summed E-state index contributed by atoms with van der Waals surface area (Å²) in [6, 6.07) is 10.0. The topological polar surface area (TPSA) is 29.9 Å². The van der Waals surface area contributed by atoms with Crippen molar-refractivity contribution in [3.8, 4) is 5.69 Å². The predicted octanol–water partition coefficient (Wildman–Crippen LogP) is 2.71. The van der Waals surface area contributed by atoms with Crippen LogP contribution < -0.4 is 5.32 Å². The summed E-state index contributed by atoms with van der Waals surface area (Å²) >= 11 is 5.71. The summed E-state index contributed by atoms with van der Waals surface area (Å²) in [6.45, 7) is 4.99. The average Bonchev–Trinajstić information content (AvgIpc) is 2.82. The molecule has 0 aliphatic carbocycles. The molecule has 1 N–H and O–H groups in total. The van der Waals surface area contributed by atoms with Crippen LogP contribution in [0.5, 0.6) is 0 Å². The van der Waals surface area contributed by atoms with Gasteiger partial charge in [0.2, 0.25) is 0 Å². The molecule has 1 aromatic carbocycles. The average molecular weight is 248 g/mol. The van der Waals surface area contributed by atoms with Gasteiger partial charge in [-0.1, -0.05) is 36.4 Å². The van der Waals surface area contributed by atoms with E-state index in [1.807, 2.05) is 35.1 Å². The number of aromatic nitrogens is 2. The van der Waals surface area contributed by atoms with E-state index in [4.69, 9.17) is 11.6 Å². The Morgan fingerprint density at radius 3 is 2.88 bits per heavy atom. The molecule has 17 heavy (non-hydrogen) atoms. The third-order valence-corrected chi connectivity index (χ3v) is 2.51. The van der Waals surface area contributed by atoms with E-state index in [1.54, 1.807) is 6.20 Å². The van der Waals surface area contributed by atoms with E-state index in [0.717, 1.165) is 12.2 Å². The zero-order valence-corrected chi connectivity index (χ0v) is 10.2. The van der Waals surface area contributed by atoms with Crippen molar-refractivity contribution in [1.29, 1.82) is 0 Å². The van der Waals surface area contributed by atoms with Crippen molar-refractivity contribution < 1.29 is 0 Å². The molecule has 4 heteroatoms. The first kappa shape index (κ1) is 11.9. The minimum atomic E-state index is 0.606. The number of halogens is 1. The Morgan fingerprint density at radius 1 is 1.35 bits per heavy atom. The lowest BCUT2D eigenvalue weighted by Crippen LogP contribution is -2.16. The molecule has 0 aliphatic rings. The van der Waals surface area contributed by atoms with Crippen molar-refractivity contribution in [1.82, 2.24) is 15.1 Å². The largest absolute Gasteiger partial charge is 0.308 e. The second-order valence-electron chi connectivity index (χ2n) is 3.70. The van der Waals surface area contributed by atoms with Gasteiger partial charge >= 0.3 is 0 Å². The first-order valence-corrected chi connectivity index (χ1v) is 5.77. The van der Waals surface area contributed by atoms with Crippen molar-refractivity contribution in [3.63, 3.8) is 0 Å². The van der Waals surface area contributed by atoms with Crippen molar-refractivity contribution in [3.05, 3.63) is 59.9 Å². The fraction of sp³-hybridized carbons (Fsp3) is 0.154. The molecule has 0 aliphatic heterocycles. The molecule has 0 fully saturated rings. The molecular formula is C13H14ClN3. The molecule has 0 saturated heterocycles. The quantitative estimate of drug-likeness (QED) is 0.881. The van der Waals surface area contributed by atoms with Crippen molar-refractivity contribution in [2.24, 2.45) is 0 Å². The van der Waals surface area contributed by atoms with Crippen molar-refractivity contribution in [2.75, 3.05) is 6.54 Å². The van der Waals surface area contributed by atoms with Gasteiger partial charge < -0.3 is 5.32 Å². The van der Waals surface area contributed by atoms with Gasteiger partial charge in [0.05, 0.1) is 5.69 Å². The molecule has 0 atom stereocenters. The highest BCUT2D eigenvalue weighted by Gasteiger charge is 2.03. The number of nitrogens with one attached hydrogen (secondary N) is 1. The third kappa shape index (κ3) is 3.19. The third-order valence-electron chi connectivity index (χ3n) is 2.38. The maximum Gasteiger partial charge on any atom is 0.0690 e. The molecule has 2 rings (SSSR count). The van der Waals surface area contributed by atoms with E-state index in [0.29, 0.717) is 11.6 Å². The van der Waals surface area contributed by atoms with Gasteiger partial charge in [-0.3, -0.25) is 0 Å². The van der Waals surface area contributed by atoms with Crippen LogP contribution in [0.2, 0.25) is 0 Å². The Balaban J connectivity index is 2.14. The van der Waals surface area contributed by atoms with Crippen LogP contribution in [-0.4, -0.2) is 16.3 Å². The van der Waals surface area contributed by atoms with Gasteiger partial charge in [-0.15, -0.1) is 0 Å². The lowest BCUT2D eigenvalue weighted by molar-refractivity contribution is 0.741. The van der Waals surface area contributed by atoms with Crippen LogP contribution in [-0.2, 0) is 6.54 Å². The van der Waals surface area contributed by atoms with E-state index >= 15 is 0 Å². The molecule has 88 valence electrons. The van der Waals surface area contributed by atoms with E-state index in [9.17, 15) is 0 Å². The Hall–Kier alpha value is -1.58. The van der Waals surface area contributed by atoms with Gasteiger partial charge in [-0.25, -0.2) is 4.68 Å². The molecule has 1 aromatic heterocycles. The highest BCUT2D eigenvalue weighted by atomic mass is 35.5. The zero-order valence-electron chi connectivity index (χ0n) is 9.44. The SMILES string of the molecule is C=C(Cl)CNCc1ccccc1-n1cccn1. The molecule has 0 saturated carbocycles. The number of hydrogen-bond donors (Lipinski definition) is 1. The van der Waals surface area contributed by atoms with Crippen LogP contribution >= 0.6 is 11.6 Å².